The predicted octanol–water partition coefficient (Wildman–Crippen LogP) is 2.72. The van der Waals surface area contributed by atoms with Crippen LogP contribution in [0.25, 0.3) is 0 Å². The van der Waals surface area contributed by atoms with E-state index < -0.39 is 10.0 Å². The molecule has 0 aliphatic carbocycles. The van der Waals surface area contributed by atoms with E-state index in [9.17, 15) is 13.2 Å². The summed E-state index contributed by atoms with van der Waals surface area (Å²) < 4.78 is 38.4. The monoisotopic (exact) mass is 493 g/mol. The van der Waals surface area contributed by atoms with Crippen molar-refractivity contribution in [3.63, 3.8) is 0 Å². The highest BCUT2D eigenvalue weighted by Crippen LogP contribution is 2.30. The molecule has 2 fully saturated rings. The minimum Gasteiger partial charge on any atom is -0.492 e. The Balaban J connectivity index is 1.49. The Bertz CT molecular complexity index is 1100. The number of amides is 1. The van der Waals surface area contributed by atoms with E-state index in [2.05, 4.69) is 4.90 Å². The van der Waals surface area contributed by atoms with E-state index in [1.165, 1.54) is 22.5 Å². The molecule has 0 aromatic heterocycles. The third kappa shape index (κ3) is 5.11. The van der Waals surface area contributed by atoms with Gasteiger partial charge >= 0.3 is 0 Å². The molecule has 10 heteroatoms. The SMILES string of the molecule is CCOc1ccccc1N1CCN(C(=O)c2cc(S(=O)(=O)N3CCOCC3)ccc2Cl)CC1. The largest absolute Gasteiger partial charge is 0.492 e. The van der Waals surface area contributed by atoms with Crippen molar-refractivity contribution in [3.8, 4) is 5.75 Å². The molecule has 0 N–H and O–H groups in total. The zero-order valence-electron chi connectivity index (χ0n) is 18.6. The standard InChI is InChI=1S/C23H28ClN3O5S/c1-2-32-22-6-4-3-5-21(22)25-9-11-26(12-10-25)23(28)19-17-18(7-8-20(19)24)33(29,30)27-13-15-31-16-14-27/h3-8,17H,2,9-16H2,1H3. The predicted molar refractivity (Wildman–Crippen MR) is 127 cm³/mol. The molecular weight excluding hydrogens is 466 g/mol. The van der Waals surface area contributed by atoms with Gasteiger partial charge in [0.1, 0.15) is 5.75 Å². The van der Waals surface area contributed by atoms with Gasteiger partial charge in [-0.25, -0.2) is 8.42 Å². The van der Waals surface area contributed by atoms with Gasteiger partial charge in [-0.1, -0.05) is 23.7 Å². The van der Waals surface area contributed by atoms with Gasteiger partial charge in [0.25, 0.3) is 5.91 Å². The lowest BCUT2D eigenvalue weighted by Crippen LogP contribution is -2.49. The van der Waals surface area contributed by atoms with Crippen LogP contribution in [0.15, 0.2) is 47.4 Å². The van der Waals surface area contributed by atoms with Gasteiger partial charge in [0.05, 0.1) is 41.0 Å². The Hall–Kier alpha value is -2.33. The lowest BCUT2D eigenvalue weighted by Gasteiger charge is -2.37. The first-order chi connectivity index (χ1) is 15.9. The van der Waals surface area contributed by atoms with Crippen LogP contribution in [-0.2, 0) is 14.8 Å². The van der Waals surface area contributed by atoms with Crippen molar-refractivity contribution in [3.05, 3.63) is 53.1 Å². The lowest BCUT2D eigenvalue weighted by atomic mass is 10.1. The Labute approximate surface area is 199 Å². The smallest absolute Gasteiger partial charge is 0.255 e. The fourth-order valence-corrected chi connectivity index (χ4v) is 5.71. The molecule has 2 heterocycles. The number of ether oxygens (including phenoxy) is 2. The maximum Gasteiger partial charge on any atom is 0.255 e. The van der Waals surface area contributed by atoms with Gasteiger partial charge in [-0.3, -0.25) is 4.79 Å². The van der Waals surface area contributed by atoms with E-state index in [-0.39, 0.29) is 21.4 Å². The van der Waals surface area contributed by atoms with Crippen molar-refractivity contribution in [1.82, 2.24) is 9.21 Å². The summed E-state index contributed by atoms with van der Waals surface area (Å²) in [5.74, 6) is 0.556. The average Bonchev–Trinajstić information content (AvgIpc) is 2.85. The number of benzene rings is 2. The van der Waals surface area contributed by atoms with E-state index >= 15 is 0 Å². The second-order valence-corrected chi connectivity index (χ2v) is 10.2. The molecule has 1 amide bonds. The maximum absolute atomic E-state index is 13.3. The lowest BCUT2D eigenvalue weighted by molar-refractivity contribution is 0.0729. The Morgan fingerprint density at radius 1 is 1.03 bits per heavy atom. The van der Waals surface area contributed by atoms with Crippen molar-refractivity contribution in [2.24, 2.45) is 0 Å². The first kappa shape index (κ1) is 23.8. The number of piperazine rings is 1. The number of hydrogen-bond donors (Lipinski definition) is 0. The molecule has 2 saturated heterocycles. The van der Waals surface area contributed by atoms with Crippen LogP contribution in [0.3, 0.4) is 0 Å². The van der Waals surface area contributed by atoms with Crippen LogP contribution in [0.4, 0.5) is 5.69 Å². The van der Waals surface area contributed by atoms with E-state index in [1.54, 1.807) is 4.90 Å². The number of rotatable bonds is 6. The molecule has 0 atom stereocenters. The second-order valence-electron chi connectivity index (χ2n) is 7.84. The summed E-state index contributed by atoms with van der Waals surface area (Å²) in [7, 11) is -3.72. The van der Waals surface area contributed by atoms with Gasteiger partial charge in [0.15, 0.2) is 0 Å². The number of nitrogens with zero attached hydrogens (tertiary/aromatic N) is 3. The van der Waals surface area contributed by atoms with E-state index in [4.69, 9.17) is 21.1 Å². The molecule has 0 unspecified atom stereocenters. The molecule has 0 bridgehead atoms. The molecular formula is C23H28ClN3O5S. The van der Waals surface area contributed by atoms with Crippen LogP contribution in [-0.4, -0.2) is 82.6 Å². The molecule has 0 spiro atoms. The number of halogens is 1. The van der Waals surface area contributed by atoms with Crippen molar-refractivity contribution >= 4 is 33.2 Å². The first-order valence-electron chi connectivity index (χ1n) is 11.1. The van der Waals surface area contributed by atoms with Crippen molar-refractivity contribution in [2.45, 2.75) is 11.8 Å². The van der Waals surface area contributed by atoms with Crippen LogP contribution in [0.2, 0.25) is 5.02 Å². The highest BCUT2D eigenvalue weighted by Gasteiger charge is 2.29. The van der Waals surface area contributed by atoms with E-state index in [1.807, 2.05) is 31.2 Å². The Morgan fingerprint density at radius 3 is 2.42 bits per heavy atom. The molecule has 2 aromatic rings. The molecule has 2 aliphatic rings. The highest BCUT2D eigenvalue weighted by atomic mass is 35.5. The number of sulfonamides is 1. The third-order valence-corrected chi connectivity index (χ3v) is 8.07. The van der Waals surface area contributed by atoms with Gasteiger partial charge < -0.3 is 19.3 Å². The molecule has 0 radical (unpaired) electrons. The van der Waals surface area contributed by atoms with Crippen LogP contribution < -0.4 is 9.64 Å². The minimum atomic E-state index is -3.72. The number of carbonyl (C=O) groups excluding carboxylic acids is 1. The van der Waals surface area contributed by atoms with Gasteiger partial charge in [0.2, 0.25) is 10.0 Å². The van der Waals surface area contributed by atoms with Crippen molar-refractivity contribution in [2.75, 3.05) is 64.0 Å². The summed E-state index contributed by atoms with van der Waals surface area (Å²) in [6, 6.07) is 12.2. The second kappa shape index (κ2) is 10.3. The topological polar surface area (TPSA) is 79.4 Å². The van der Waals surface area contributed by atoms with E-state index in [0.29, 0.717) is 59.1 Å². The van der Waals surface area contributed by atoms with Crippen LogP contribution in [0.5, 0.6) is 5.75 Å². The summed E-state index contributed by atoms with van der Waals surface area (Å²) in [5.41, 5.74) is 1.21. The summed E-state index contributed by atoms with van der Waals surface area (Å²) in [4.78, 5) is 17.2. The highest BCUT2D eigenvalue weighted by molar-refractivity contribution is 7.89. The fraction of sp³-hybridized carbons (Fsp3) is 0.435. The summed E-state index contributed by atoms with van der Waals surface area (Å²) in [6.45, 7) is 6.09. The van der Waals surface area contributed by atoms with Gasteiger partial charge in [-0.05, 0) is 37.3 Å². The van der Waals surface area contributed by atoms with Gasteiger partial charge in [-0.2, -0.15) is 4.31 Å². The normalized spacial score (nSPS) is 17.8. The summed E-state index contributed by atoms with van der Waals surface area (Å²) in [5, 5.41) is 0.241. The number of anilines is 1. The molecule has 2 aliphatic heterocycles. The van der Waals surface area contributed by atoms with Crippen molar-refractivity contribution in [1.29, 1.82) is 0 Å². The van der Waals surface area contributed by atoms with E-state index in [0.717, 1.165) is 11.4 Å². The van der Waals surface area contributed by atoms with Gasteiger partial charge in [-0.15, -0.1) is 0 Å². The van der Waals surface area contributed by atoms with Crippen LogP contribution >= 0.6 is 11.6 Å². The molecule has 33 heavy (non-hydrogen) atoms. The number of morpholine rings is 1. The minimum absolute atomic E-state index is 0.0708. The number of para-hydroxylation sites is 2. The Morgan fingerprint density at radius 2 is 1.73 bits per heavy atom. The van der Waals surface area contributed by atoms with Crippen LogP contribution in [0.1, 0.15) is 17.3 Å². The molecule has 8 nitrogen and oxygen atoms in total. The molecule has 0 saturated carbocycles. The Kier molecular flexibility index (Phi) is 7.43. The zero-order valence-corrected chi connectivity index (χ0v) is 20.1. The molecule has 4 rings (SSSR count). The third-order valence-electron chi connectivity index (χ3n) is 5.85. The average molecular weight is 494 g/mol. The summed E-state index contributed by atoms with van der Waals surface area (Å²) >= 11 is 6.32. The number of carbonyl (C=O) groups is 1. The molecule has 2 aromatic carbocycles. The zero-order chi connectivity index (χ0) is 23.4. The van der Waals surface area contributed by atoms with Crippen molar-refractivity contribution < 1.29 is 22.7 Å². The maximum atomic E-state index is 13.3. The fourth-order valence-electron chi connectivity index (χ4n) is 4.08. The van der Waals surface area contributed by atoms with Gasteiger partial charge in [0, 0.05) is 39.3 Å². The number of hydrogen-bond acceptors (Lipinski definition) is 6. The van der Waals surface area contributed by atoms with Crippen LogP contribution in [0, 0.1) is 0 Å². The first-order valence-corrected chi connectivity index (χ1v) is 12.9. The quantitative estimate of drug-likeness (QED) is 0.615. The summed E-state index contributed by atoms with van der Waals surface area (Å²) in [6.07, 6.45) is 0. The molecule has 178 valence electrons.